The van der Waals surface area contributed by atoms with Crippen LogP contribution in [-0.4, -0.2) is 36.5 Å². The summed E-state index contributed by atoms with van der Waals surface area (Å²) in [7, 11) is 1.99. The molecule has 6 heteroatoms. The lowest BCUT2D eigenvalue weighted by atomic mass is 9.96. The molecule has 1 aliphatic rings. The fourth-order valence-corrected chi connectivity index (χ4v) is 3.09. The van der Waals surface area contributed by atoms with Crippen molar-refractivity contribution in [1.82, 2.24) is 15.1 Å². The largest absolute Gasteiger partial charge is 0.369 e. The van der Waals surface area contributed by atoms with E-state index in [4.69, 9.17) is 11.6 Å². The average molecular weight is 313 g/mol. The number of piperidine rings is 1. The SMILES string of the molecule is CNCC1CCN(c2cnn(CC(C)C)c(=O)c2Cl)CC1. The highest BCUT2D eigenvalue weighted by atomic mass is 35.5. The van der Waals surface area contributed by atoms with E-state index in [1.54, 1.807) is 6.20 Å². The Morgan fingerprint density at radius 2 is 2.10 bits per heavy atom. The van der Waals surface area contributed by atoms with Crippen molar-refractivity contribution < 1.29 is 0 Å². The van der Waals surface area contributed by atoms with Crippen molar-refractivity contribution >= 4 is 17.3 Å². The van der Waals surface area contributed by atoms with Crippen LogP contribution in [0.15, 0.2) is 11.0 Å². The Balaban J connectivity index is 2.11. The molecule has 0 saturated carbocycles. The van der Waals surface area contributed by atoms with Gasteiger partial charge in [-0.3, -0.25) is 4.79 Å². The molecule has 1 aromatic heterocycles. The topological polar surface area (TPSA) is 50.2 Å². The fraction of sp³-hybridized carbons (Fsp3) is 0.733. The van der Waals surface area contributed by atoms with Gasteiger partial charge in [0.25, 0.3) is 5.56 Å². The lowest BCUT2D eigenvalue weighted by Crippen LogP contribution is -2.38. The van der Waals surface area contributed by atoms with Gasteiger partial charge in [0.2, 0.25) is 0 Å². The van der Waals surface area contributed by atoms with E-state index in [1.165, 1.54) is 4.68 Å². The van der Waals surface area contributed by atoms with E-state index < -0.39 is 0 Å². The van der Waals surface area contributed by atoms with Gasteiger partial charge < -0.3 is 10.2 Å². The summed E-state index contributed by atoms with van der Waals surface area (Å²) in [4.78, 5) is 14.4. The molecule has 0 aromatic carbocycles. The van der Waals surface area contributed by atoms with Crippen molar-refractivity contribution in [3.05, 3.63) is 21.6 Å². The molecule has 2 heterocycles. The van der Waals surface area contributed by atoms with Gasteiger partial charge in [0.05, 0.1) is 11.9 Å². The zero-order valence-corrected chi connectivity index (χ0v) is 13.9. The van der Waals surface area contributed by atoms with Crippen LogP contribution >= 0.6 is 11.6 Å². The summed E-state index contributed by atoms with van der Waals surface area (Å²) in [5.74, 6) is 1.08. The number of hydrogen-bond donors (Lipinski definition) is 1. The molecule has 0 atom stereocenters. The second kappa shape index (κ2) is 7.27. The minimum Gasteiger partial charge on any atom is -0.369 e. The van der Waals surface area contributed by atoms with Crippen LogP contribution in [0.1, 0.15) is 26.7 Å². The highest BCUT2D eigenvalue weighted by molar-refractivity contribution is 6.33. The van der Waals surface area contributed by atoms with Gasteiger partial charge in [0.15, 0.2) is 0 Å². The second-order valence-electron chi connectivity index (χ2n) is 6.21. The standard InChI is InChI=1S/C15H25ClN4O/c1-11(2)10-20-15(21)14(16)13(9-18-20)19-6-4-12(5-7-19)8-17-3/h9,11-12,17H,4-8,10H2,1-3H3. The number of nitrogens with zero attached hydrogens (tertiary/aromatic N) is 3. The minimum absolute atomic E-state index is 0.180. The summed E-state index contributed by atoms with van der Waals surface area (Å²) in [6.07, 6.45) is 3.98. The molecule has 1 N–H and O–H groups in total. The van der Waals surface area contributed by atoms with Crippen LogP contribution in [0.25, 0.3) is 0 Å². The highest BCUT2D eigenvalue weighted by Gasteiger charge is 2.22. The van der Waals surface area contributed by atoms with E-state index in [-0.39, 0.29) is 5.56 Å². The highest BCUT2D eigenvalue weighted by Crippen LogP contribution is 2.26. The Morgan fingerprint density at radius 1 is 1.43 bits per heavy atom. The summed E-state index contributed by atoms with van der Waals surface area (Å²) in [5, 5.41) is 7.81. The molecular weight excluding hydrogens is 288 g/mol. The van der Waals surface area contributed by atoms with Gasteiger partial charge in [-0.2, -0.15) is 5.10 Å². The molecule has 21 heavy (non-hydrogen) atoms. The lowest BCUT2D eigenvalue weighted by Gasteiger charge is -2.33. The molecule has 1 aliphatic heterocycles. The molecule has 0 radical (unpaired) electrons. The first-order valence-electron chi connectivity index (χ1n) is 7.68. The first kappa shape index (κ1) is 16.3. The van der Waals surface area contributed by atoms with Crippen LogP contribution in [0.5, 0.6) is 0 Å². The number of hydrogen-bond acceptors (Lipinski definition) is 4. The first-order valence-corrected chi connectivity index (χ1v) is 8.06. The molecule has 0 aliphatic carbocycles. The quantitative estimate of drug-likeness (QED) is 0.903. The smallest absolute Gasteiger partial charge is 0.287 e. The van der Waals surface area contributed by atoms with Gasteiger partial charge in [0, 0.05) is 19.6 Å². The molecule has 0 bridgehead atoms. The van der Waals surface area contributed by atoms with E-state index in [0.29, 0.717) is 23.4 Å². The molecule has 0 spiro atoms. The number of aromatic nitrogens is 2. The lowest BCUT2D eigenvalue weighted by molar-refractivity contribution is 0.392. The van der Waals surface area contributed by atoms with Crippen LogP contribution in [0.2, 0.25) is 5.02 Å². The Hall–Kier alpha value is -1.07. The molecule has 1 aromatic rings. The summed E-state index contributed by atoms with van der Waals surface area (Å²) in [5.41, 5.74) is 0.602. The van der Waals surface area contributed by atoms with E-state index in [1.807, 2.05) is 7.05 Å². The summed E-state index contributed by atoms with van der Waals surface area (Å²) in [6.45, 7) is 7.63. The number of anilines is 1. The Morgan fingerprint density at radius 3 is 2.67 bits per heavy atom. The molecule has 1 fully saturated rings. The average Bonchev–Trinajstić information content (AvgIpc) is 2.45. The molecule has 0 amide bonds. The minimum atomic E-state index is -0.180. The van der Waals surface area contributed by atoms with Crippen LogP contribution < -0.4 is 15.8 Å². The van der Waals surface area contributed by atoms with E-state index >= 15 is 0 Å². The van der Waals surface area contributed by atoms with Crippen molar-refractivity contribution in [2.24, 2.45) is 11.8 Å². The first-order chi connectivity index (χ1) is 10.0. The summed E-state index contributed by atoms with van der Waals surface area (Å²) < 4.78 is 1.46. The van der Waals surface area contributed by atoms with Gasteiger partial charge in [-0.1, -0.05) is 25.4 Å². The van der Waals surface area contributed by atoms with Crippen LogP contribution in [0, 0.1) is 11.8 Å². The maximum Gasteiger partial charge on any atom is 0.287 e. The zero-order chi connectivity index (χ0) is 15.4. The van der Waals surface area contributed by atoms with Crippen molar-refractivity contribution in [2.75, 3.05) is 31.6 Å². The third-order valence-corrected chi connectivity index (χ3v) is 4.31. The maximum atomic E-state index is 12.3. The molecule has 2 rings (SSSR count). The van der Waals surface area contributed by atoms with Gasteiger partial charge in [0.1, 0.15) is 5.02 Å². The number of halogens is 1. The van der Waals surface area contributed by atoms with E-state index in [0.717, 1.165) is 38.2 Å². The zero-order valence-electron chi connectivity index (χ0n) is 13.1. The van der Waals surface area contributed by atoms with E-state index in [2.05, 4.69) is 29.2 Å². The molecule has 118 valence electrons. The van der Waals surface area contributed by atoms with Gasteiger partial charge >= 0.3 is 0 Å². The van der Waals surface area contributed by atoms with E-state index in [9.17, 15) is 4.79 Å². The molecule has 1 saturated heterocycles. The second-order valence-corrected chi connectivity index (χ2v) is 6.59. The number of nitrogens with one attached hydrogen (secondary N) is 1. The van der Waals surface area contributed by atoms with Gasteiger partial charge in [-0.25, -0.2) is 4.68 Å². The van der Waals surface area contributed by atoms with Crippen LogP contribution in [-0.2, 0) is 6.54 Å². The van der Waals surface area contributed by atoms with Crippen LogP contribution in [0.4, 0.5) is 5.69 Å². The summed E-state index contributed by atoms with van der Waals surface area (Å²) >= 11 is 6.29. The van der Waals surface area contributed by atoms with Crippen molar-refractivity contribution in [1.29, 1.82) is 0 Å². The third kappa shape index (κ3) is 3.98. The fourth-order valence-electron chi connectivity index (χ4n) is 2.82. The molecule has 0 unspecified atom stereocenters. The molecular formula is C15H25ClN4O. The Kier molecular flexibility index (Phi) is 5.65. The third-order valence-electron chi connectivity index (χ3n) is 3.95. The molecule has 5 nitrogen and oxygen atoms in total. The predicted molar refractivity (Wildman–Crippen MR) is 87.2 cm³/mol. The Bertz CT molecular complexity index is 521. The van der Waals surface area contributed by atoms with Crippen molar-refractivity contribution in [3.63, 3.8) is 0 Å². The number of rotatable bonds is 5. The van der Waals surface area contributed by atoms with Crippen molar-refractivity contribution in [2.45, 2.75) is 33.2 Å². The van der Waals surface area contributed by atoms with Gasteiger partial charge in [-0.15, -0.1) is 0 Å². The predicted octanol–water partition coefficient (Wildman–Crippen LogP) is 1.99. The van der Waals surface area contributed by atoms with Crippen molar-refractivity contribution in [3.8, 4) is 0 Å². The Labute approximate surface area is 131 Å². The summed E-state index contributed by atoms with van der Waals surface area (Å²) in [6, 6.07) is 0. The maximum absolute atomic E-state index is 12.3. The normalized spacial score (nSPS) is 16.7. The van der Waals surface area contributed by atoms with Crippen LogP contribution in [0.3, 0.4) is 0 Å². The van der Waals surface area contributed by atoms with Gasteiger partial charge in [-0.05, 0) is 38.3 Å². The monoisotopic (exact) mass is 312 g/mol.